The molecule has 5 N–H and O–H groups in total. The fourth-order valence-corrected chi connectivity index (χ4v) is 1.21. The second-order valence-corrected chi connectivity index (χ2v) is 3.29. The first kappa shape index (κ1) is 14.5. The van der Waals surface area contributed by atoms with Crippen molar-refractivity contribution in [2.24, 2.45) is 0 Å². The predicted octanol–water partition coefficient (Wildman–Crippen LogP) is 0.871. The molecular formula is C3H11NO6P2+2. The van der Waals surface area contributed by atoms with Crippen molar-refractivity contribution in [2.45, 2.75) is 6.42 Å². The summed E-state index contributed by atoms with van der Waals surface area (Å²) in [5, 5.41) is 8.24. The highest BCUT2D eigenvalue weighted by Crippen LogP contribution is 2.35. The van der Waals surface area contributed by atoms with Crippen molar-refractivity contribution in [3.05, 3.63) is 0 Å². The van der Waals surface area contributed by atoms with Crippen molar-refractivity contribution in [3.8, 4) is 0 Å². The van der Waals surface area contributed by atoms with Gasteiger partial charge in [0.1, 0.15) is 6.61 Å². The number of hydrogen-bond donors (Lipinski definition) is 3. The molecule has 2 unspecified atom stereocenters. The van der Waals surface area contributed by atoms with Crippen LogP contribution in [0.3, 0.4) is 0 Å². The summed E-state index contributed by atoms with van der Waals surface area (Å²) in [7, 11) is -5.41. The zero-order valence-electron chi connectivity index (χ0n) is 6.25. The van der Waals surface area contributed by atoms with Gasteiger partial charge < -0.3 is 11.3 Å². The van der Waals surface area contributed by atoms with Crippen molar-refractivity contribution >= 4 is 16.5 Å². The fourth-order valence-electron chi connectivity index (χ4n) is 0.284. The van der Waals surface area contributed by atoms with Crippen molar-refractivity contribution in [3.63, 3.8) is 0 Å². The van der Waals surface area contributed by atoms with Gasteiger partial charge in [-0.1, -0.05) is 0 Å². The van der Waals surface area contributed by atoms with Gasteiger partial charge in [-0.05, 0) is 6.42 Å². The SMILES string of the molecule is N.O=[P+](O)O[P+](=O)OCCCO. The summed E-state index contributed by atoms with van der Waals surface area (Å²) in [6.07, 6.45) is 0.312. The Hall–Kier alpha value is -0.0000000000000000416. The Morgan fingerprint density at radius 2 is 1.92 bits per heavy atom. The van der Waals surface area contributed by atoms with Gasteiger partial charge in [-0.25, -0.2) is 0 Å². The Morgan fingerprint density at radius 1 is 1.33 bits per heavy atom. The van der Waals surface area contributed by atoms with Crippen LogP contribution in [0.15, 0.2) is 0 Å². The molecule has 12 heavy (non-hydrogen) atoms. The van der Waals surface area contributed by atoms with Crippen LogP contribution < -0.4 is 6.15 Å². The molecule has 0 radical (unpaired) electrons. The molecule has 2 atom stereocenters. The average molecular weight is 219 g/mol. The third-order valence-corrected chi connectivity index (χ3v) is 2.12. The van der Waals surface area contributed by atoms with Gasteiger partial charge in [-0.2, -0.15) is 0 Å². The average Bonchev–Trinajstić information content (AvgIpc) is 1.86. The van der Waals surface area contributed by atoms with E-state index in [4.69, 9.17) is 10.00 Å². The highest BCUT2D eigenvalue weighted by molar-refractivity contribution is 7.47. The molecule has 0 amide bonds. The normalized spacial score (nSPS) is 11.8. The Kier molecular flexibility index (Phi) is 11.0. The summed E-state index contributed by atoms with van der Waals surface area (Å²) in [4.78, 5) is 8.05. The number of aliphatic hydroxyl groups is 1. The van der Waals surface area contributed by atoms with E-state index in [1.807, 2.05) is 0 Å². The van der Waals surface area contributed by atoms with Crippen LogP contribution >= 0.6 is 16.5 Å². The second kappa shape index (κ2) is 9.09. The molecule has 72 valence electrons. The maximum absolute atomic E-state index is 10.4. The first-order chi connectivity index (χ1) is 5.16. The molecule has 0 spiro atoms. The van der Waals surface area contributed by atoms with E-state index in [0.717, 1.165) is 0 Å². The minimum absolute atomic E-state index is 0. The quantitative estimate of drug-likeness (QED) is 0.446. The Morgan fingerprint density at radius 3 is 2.33 bits per heavy atom. The van der Waals surface area contributed by atoms with Gasteiger partial charge in [-0.3, -0.25) is 0 Å². The molecule has 0 aromatic carbocycles. The molecule has 0 saturated heterocycles. The summed E-state index contributed by atoms with van der Waals surface area (Å²) < 4.78 is 28.5. The van der Waals surface area contributed by atoms with E-state index in [1.165, 1.54) is 0 Å². The van der Waals surface area contributed by atoms with Crippen LogP contribution in [0.5, 0.6) is 0 Å². The molecule has 0 aliphatic rings. The molecule has 9 heteroatoms. The van der Waals surface area contributed by atoms with Crippen LogP contribution in [0.2, 0.25) is 0 Å². The van der Waals surface area contributed by atoms with Crippen LogP contribution in [-0.4, -0.2) is 23.2 Å². The highest BCUT2D eigenvalue weighted by atomic mass is 31.2. The lowest BCUT2D eigenvalue weighted by molar-refractivity contribution is 0.225. The summed E-state index contributed by atoms with van der Waals surface area (Å²) in [5.74, 6) is 0. The maximum atomic E-state index is 10.4. The summed E-state index contributed by atoms with van der Waals surface area (Å²) in [6.45, 7) is -0.0523. The van der Waals surface area contributed by atoms with Gasteiger partial charge in [0.15, 0.2) is 4.31 Å². The Bertz CT molecular complexity index is 152. The molecule has 0 aromatic rings. The van der Waals surface area contributed by atoms with Crippen molar-refractivity contribution in [2.75, 3.05) is 13.2 Å². The first-order valence-electron chi connectivity index (χ1n) is 2.72. The molecule has 0 bridgehead atoms. The van der Waals surface area contributed by atoms with Gasteiger partial charge in [0.2, 0.25) is 0 Å². The van der Waals surface area contributed by atoms with Crippen LogP contribution in [0.1, 0.15) is 6.42 Å². The van der Waals surface area contributed by atoms with E-state index in [9.17, 15) is 9.13 Å². The molecule has 0 saturated carbocycles. The highest BCUT2D eigenvalue weighted by Gasteiger charge is 2.36. The van der Waals surface area contributed by atoms with Gasteiger partial charge in [-0.15, -0.1) is 9.42 Å². The minimum atomic E-state index is -2.88. The van der Waals surface area contributed by atoms with Crippen molar-refractivity contribution < 1.29 is 28.0 Å². The second-order valence-electron chi connectivity index (χ2n) is 1.45. The van der Waals surface area contributed by atoms with Crippen LogP contribution in [0.25, 0.3) is 0 Å². The van der Waals surface area contributed by atoms with Gasteiger partial charge in [0, 0.05) is 15.7 Å². The molecule has 0 aromatic heterocycles. The van der Waals surface area contributed by atoms with Crippen molar-refractivity contribution in [1.29, 1.82) is 0 Å². The first-order valence-corrected chi connectivity index (χ1v) is 4.94. The topological polar surface area (TPSA) is 128 Å². The maximum Gasteiger partial charge on any atom is 0.747 e. The van der Waals surface area contributed by atoms with E-state index >= 15 is 0 Å². The minimum Gasteiger partial charge on any atom is -0.396 e. The fraction of sp³-hybridized carbons (Fsp3) is 1.00. The third kappa shape index (κ3) is 10.0. The molecule has 0 fully saturated rings. The van der Waals surface area contributed by atoms with Crippen LogP contribution in [0, 0.1) is 0 Å². The third-order valence-electron chi connectivity index (χ3n) is 0.636. The van der Waals surface area contributed by atoms with E-state index in [-0.39, 0.29) is 19.4 Å². The predicted molar refractivity (Wildman–Crippen MR) is 41.2 cm³/mol. The molecule has 0 aliphatic heterocycles. The number of aliphatic hydroxyl groups excluding tert-OH is 1. The molecule has 0 rings (SSSR count). The standard InChI is InChI=1S/C3H7O6P2.H3N/c4-2-1-3-8-11(7)9-10(5)6;/h4H,1-3H2;1H3/q+1;/p+1. The Labute approximate surface area is 71.2 Å². The summed E-state index contributed by atoms with van der Waals surface area (Å²) in [5.41, 5.74) is 0. The number of hydrogen-bond acceptors (Lipinski definition) is 6. The van der Waals surface area contributed by atoms with Crippen LogP contribution in [0.4, 0.5) is 0 Å². The van der Waals surface area contributed by atoms with E-state index in [2.05, 4.69) is 8.83 Å². The lowest BCUT2D eigenvalue weighted by atomic mass is 10.5. The molecular weight excluding hydrogens is 208 g/mol. The van der Waals surface area contributed by atoms with Gasteiger partial charge in [0.05, 0.1) is 0 Å². The van der Waals surface area contributed by atoms with E-state index in [0.29, 0.717) is 6.42 Å². The molecule has 7 nitrogen and oxygen atoms in total. The summed E-state index contributed by atoms with van der Waals surface area (Å²) >= 11 is 0. The lowest BCUT2D eigenvalue weighted by Crippen LogP contribution is -1.90. The van der Waals surface area contributed by atoms with Crippen LogP contribution in [-0.2, 0) is 18.0 Å². The molecule has 0 aliphatic carbocycles. The van der Waals surface area contributed by atoms with Crippen molar-refractivity contribution in [1.82, 2.24) is 6.15 Å². The summed E-state index contributed by atoms with van der Waals surface area (Å²) in [6, 6.07) is 0. The zero-order valence-corrected chi connectivity index (χ0v) is 8.04. The molecule has 0 heterocycles. The monoisotopic (exact) mass is 219 g/mol. The largest absolute Gasteiger partial charge is 0.747 e. The van der Waals surface area contributed by atoms with Gasteiger partial charge >= 0.3 is 16.5 Å². The number of rotatable bonds is 6. The van der Waals surface area contributed by atoms with Gasteiger partial charge in [0.25, 0.3) is 0 Å². The lowest BCUT2D eigenvalue weighted by Gasteiger charge is -1.83. The smallest absolute Gasteiger partial charge is 0.396 e. The van der Waals surface area contributed by atoms with E-state index < -0.39 is 16.5 Å². The Balaban J connectivity index is 0. The zero-order chi connectivity index (χ0) is 8.69. The van der Waals surface area contributed by atoms with E-state index in [1.54, 1.807) is 0 Å².